The molecule has 1 aliphatic carbocycles. The molecular formula is C17H34N2O. The van der Waals surface area contributed by atoms with Crippen LogP contribution in [0.2, 0.25) is 0 Å². The third kappa shape index (κ3) is 3.75. The molecule has 2 unspecified atom stereocenters. The Morgan fingerprint density at radius 2 is 2.00 bits per heavy atom. The molecule has 2 N–H and O–H groups in total. The first kappa shape index (κ1) is 16.3. The standard InChI is InChI=1S/C17H34N2O/c1-5-17(6-2)9-10-19(12-17)14(3)11-16(4,13-20)18-15-7-8-15/h14-15,18,20H,5-13H2,1-4H3. The van der Waals surface area contributed by atoms with Crippen molar-refractivity contribution in [1.82, 2.24) is 10.2 Å². The molecule has 0 aromatic rings. The summed E-state index contributed by atoms with van der Waals surface area (Å²) >= 11 is 0. The van der Waals surface area contributed by atoms with Crippen molar-refractivity contribution in [2.45, 2.75) is 83.8 Å². The molecule has 2 fully saturated rings. The third-order valence-electron chi connectivity index (χ3n) is 5.82. The summed E-state index contributed by atoms with van der Waals surface area (Å²) in [5, 5.41) is 13.4. The molecule has 0 aromatic heterocycles. The van der Waals surface area contributed by atoms with Crippen LogP contribution in [0.4, 0.5) is 0 Å². The number of aliphatic hydroxyl groups is 1. The van der Waals surface area contributed by atoms with E-state index in [2.05, 4.69) is 37.9 Å². The lowest BCUT2D eigenvalue weighted by atomic mass is 9.82. The minimum Gasteiger partial charge on any atom is -0.394 e. The lowest BCUT2D eigenvalue weighted by molar-refractivity contribution is 0.116. The van der Waals surface area contributed by atoms with Crippen LogP contribution in [-0.4, -0.2) is 47.3 Å². The predicted octanol–water partition coefficient (Wildman–Crippen LogP) is 2.78. The van der Waals surface area contributed by atoms with Crippen molar-refractivity contribution in [3.05, 3.63) is 0 Å². The van der Waals surface area contributed by atoms with Crippen molar-refractivity contribution in [3.63, 3.8) is 0 Å². The van der Waals surface area contributed by atoms with Crippen molar-refractivity contribution in [1.29, 1.82) is 0 Å². The summed E-state index contributed by atoms with van der Waals surface area (Å²) in [6.07, 6.45) is 7.54. The van der Waals surface area contributed by atoms with Gasteiger partial charge in [-0.1, -0.05) is 13.8 Å². The van der Waals surface area contributed by atoms with Gasteiger partial charge in [-0.15, -0.1) is 0 Å². The van der Waals surface area contributed by atoms with E-state index < -0.39 is 0 Å². The van der Waals surface area contributed by atoms with Crippen LogP contribution in [0.5, 0.6) is 0 Å². The van der Waals surface area contributed by atoms with Gasteiger partial charge in [-0.25, -0.2) is 0 Å². The molecule has 3 heteroatoms. The molecule has 0 radical (unpaired) electrons. The molecule has 0 bridgehead atoms. The highest BCUT2D eigenvalue weighted by atomic mass is 16.3. The van der Waals surface area contributed by atoms with Crippen LogP contribution in [-0.2, 0) is 0 Å². The summed E-state index contributed by atoms with van der Waals surface area (Å²) in [5.74, 6) is 0. The predicted molar refractivity (Wildman–Crippen MR) is 84.9 cm³/mol. The molecule has 2 atom stereocenters. The summed E-state index contributed by atoms with van der Waals surface area (Å²) in [6, 6.07) is 1.21. The van der Waals surface area contributed by atoms with Crippen molar-refractivity contribution in [2.75, 3.05) is 19.7 Å². The van der Waals surface area contributed by atoms with Gasteiger partial charge in [0, 0.05) is 24.2 Å². The maximum absolute atomic E-state index is 9.77. The first-order chi connectivity index (χ1) is 9.46. The Kier molecular flexibility index (Phi) is 5.14. The van der Waals surface area contributed by atoms with E-state index in [-0.39, 0.29) is 12.1 Å². The molecule has 20 heavy (non-hydrogen) atoms. The minimum absolute atomic E-state index is 0.107. The molecule has 0 aromatic carbocycles. The zero-order valence-corrected chi connectivity index (χ0v) is 13.9. The largest absolute Gasteiger partial charge is 0.394 e. The number of hydrogen-bond donors (Lipinski definition) is 2. The number of nitrogens with zero attached hydrogens (tertiary/aromatic N) is 1. The monoisotopic (exact) mass is 282 g/mol. The van der Waals surface area contributed by atoms with Crippen LogP contribution in [0, 0.1) is 5.41 Å². The smallest absolute Gasteiger partial charge is 0.0611 e. The number of aliphatic hydroxyl groups excluding tert-OH is 1. The Hall–Kier alpha value is -0.120. The van der Waals surface area contributed by atoms with E-state index in [1.54, 1.807) is 0 Å². The van der Waals surface area contributed by atoms with Crippen molar-refractivity contribution < 1.29 is 5.11 Å². The van der Waals surface area contributed by atoms with Crippen molar-refractivity contribution in [3.8, 4) is 0 Å². The van der Waals surface area contributed by atoms with E-state index in [1.807, 2.05) is 0 Å². The summed E-state index contributed by atoms with van der Waals surface area (Å²) < 4.78 is 0. The second kappa shape index (κ2) is 6.33. The molecule has 0 amide bonds. The molecule has 1 saturated heterocycles. The zero-order chi connectivity index (χ0) is 14.8. The Bertz CT molecular complexity index is 312. The Balaban J connectivity index is 1.89. The SMILES string of the molecule is CCC1(CC)CCN(C(C)CC(C)(CO)NC2CC2)C1. The van der Waals surface area contributed by atoms with Gasteiger partial charge in [-0.2, -0.15) is 0 Å². The van der Waals surface area contributed by atoms with Gasteiger partial charge in [0.1, 0.15) is 0 Å². The molecule has 1 saturated carbocycles. The summed E-state index contributed by atoms with van der Waals surface area (Å²) in [6.45, 7) is 11.9. The van der Waals surface area contributed by atoms with Crippen LogP contribution in [0.1, 0.15) is 66.2 Å². The zero-order valence-electron chi connectivity index (χ0n) is 13.9. The third-order valence-corrected chi connectivity index (χ3v) is 5.82. The highest BCUT2D eigenvalue weighted by Crippen LogP contribution is 2.38. The average Bonchev–Trinajstić information content (AvgIpc) is 3.13. The van der Waals surface area contributed by atoms with E-state index >= 15 is 0 Å². The molecule has 3 nitrogen and oxygen atoms in total. The van der Waals surface area contributed by atoms with Crippen LogP contribution < -0.4 is 5.32 Å². The van der Waals surface area contributed by atoms with E-state index in [4.69, 9.17) is 0 Å². The van der Waals surface area contributed by atoms with Gasteiger partial charge in [0.2, 0.25) is 0 Å². The lowest BCUT2D eigenvalue weighted by Gasteiger charge is -2.36. The topological polar surface area (TPSA) is 35.5 Å². The van der Waals surface area contributed by atoms with Crippen LogP contribution in [0.25, 0.3) is 0 Å². The molecule has 1 aliphatic heterocycles. The van der Waals surface area contributed by atoms with E-state index in [1.165, 1.54) is 45.2 Å². The first-order valence-electron chi connectivity index (χ1n) is 8.58. The maximum Gasteiger partial charge on any atom is 0.0611 e. The fourth-order valence-electron chi connectivity index (χ4n) is 3.84. The van der Waals surface area contributed by atoms with E-state index in [0.29, 0.717) is 17.5 Å². The van der Waals surface area contributed by atoms with Crippen LogP contribution in [0.15, 0.2) is 0 Å². The fourth-order valence-corrected chi connectivity index (χ4v) is 3.84. The number of nitrogens with one attached hydrogen (secondary N) is 1. The fraction of sp³-hybridized carbons (Fsp3) is 1.00. The van der Waals surface area contributed by atoms with Gasteiger partial charge >= 0.3 is 0 Å². The van der Waals surface area contributed by atoms with Crippen LogP contribution >= 0.6 is 0 Å². The molecular weight excluding hydrogens is 248 g/mol. The highest BCUT2D eigenvalue weighted by molar-refractivity contribution is 4.96. The summed E-state index contributed by atoms with van der Waals surface area (Å²) in [4.78, 5) is 2.65. The second-order valence-electron chi connectivity index (χ2n) is 7.62. The van der Waals surface area contributed by atoms with E-state index in [9.17, 15) is 5.11 Å². The maximum atomic E-state index is 9.77. The second-order valence-corrected chi connectivity index (χ2v) is 7.62. The van der Waals surface area contributed by atoms with Gasteiger partial charge in [0.05, 0.1) is 6.61 Å². The van der Waals surface area contributed by atoms with Crippen molar-refractivity contribution in [2.24, 2.45) is 5.41 Å². The molecule has 2 rings (SSSR count). The van der Waals surface area contributed by atoms with Gasteiger partial charge in [0.15, 0.2) is 0 Å². The number of hydrogen-bond acceptors (Lipinski definition) is 3. The summed E-state index contributed by atoms with van der Waals surface area (Å²) in [7, 11) is 0. The highest BCUT2D eigenvalue weighted by Gasteiger charge is 2.39. The first-order valence-corrected chi connectivity index (χ1v) is 8.58. The molecule has 1 heterocycles. The minimum atomic E-state index is -0.107. The van der Waals surface area contributed by atoms with Gasteiger partial charge < -0.3 is 15.3 Å². The Labute approximate surface area is 125 Å². The van der Waals surface area contributed by atoms with Crippen LogP contribution in [0.3, 0.4) is 0 Å². The summed E-state index contributed by atoms with van der Waals surface area (Å²) in [5.41, 5.74) is 0.443. The van der Waals surface area contributed by atoms with Crippen molar-refractivity contribution >= 4 is 0 Å². The van der Waals surface area contributed by atoms with Gasteiger partial charge in [-0.3, -0.25) is 0 Å². The normalized spacial score (nSPS) is 27.4. The average molecular weight is 282 g/mol. The van der Waals surface area contributed by atoms with Gasteiger partial charge in [-0.05, 0) is 64.3 Å². The molecule has 118 valence electrons. The molecule has 0 spiro atoms. The van der Waals surface area contributed by atoms with Gasteiger partial charge in [0.25, 0.3) is 0 Å². The quantitative estimate of drug-likeness (QED) is 0.718. The Morgan fingerprint density at radius 1 is 1.35 bits per heavy atom. The number of rotatable bonds is 8. The number of likely N-dealkylation sites (tertiary alicyclic amines) is 1. The van der Waals surface area contributed by atoms with E-state index in [0.717, 1.165) is 6.42 Å². The molecule has 2 aliphatic rings. The Morgan fingerprint density at radius 3 is 2.45 bits per heavy atom. The lowest BCUT2D eigenvalue weighted by Crippen LogP contribution is -2.51.